The summed E-state index contributed by atoms with van der Waals surface area (Å²) in [5, 5.41) is 9.43. The zero-order valence-electron chi connectivity index (χ0n) is 11.5. The summed E-state index contributed by atoms with van der Waals surface area (Å²) in [4.78, 5) is 0. The molecule has 0 aliphatic heterocycles. The van der Waals surface area contributed by atoms with Crippen LogP contribution in [0.25, 0.3) is 0 Å². The van der Waals surface area contributed by atoms with Crippen molar-refractivity contribution in [3.05, 3.63) is 46.0 Å². The molecule has 1 aliphatic carbocycles. The summed E-state index contributed by atoms with van der Waals surface area (Å²) in [5.74, 6) is 1.48. The Labute approximate surface area is 131 Å². The number of aryl methyl sites for hydroxylation is 1. The number of hydrogen-bond donors (Lipinski definition) is 0. The highest BCUT2D eigenvalue weighted by molar-refractivity contribution is 6.31. The average molecular weight is 308 g/mol. The van der Waals surface area contributed by atoms with Crippen molar-refractivity contribution in [1.82, 2.24) is 0 Å². The predicted molar refractivity (Wildman–Crippen MR) is 84.9 cm³/mol. The van der Waals surface area contributed by atoms with Gasteiger partial charge in [0.1, 0.15) is 6.07 Å². The Kier molecular flexibility index (Phi) is 5.95. The highest BCUT2D eigenvalue weighted by Gasteiger charge is 2.19. The summed E-state index contributed by atoms with van der Waals surface area (Å²) in [6.07, 6.45) is 9.46. The first-order valence-electron chi connectivity index (χ1n) is 7.18. The third kappa shape index (κ3) is 4.27. The summed E-state index contributed by atoms with van der Waals surface area (Å²) >= 11 is 11.7. The maximum absolute atomic E-state index is 8.86. The van der Waals surface area contributed by atoms with Gasteiger partial charge >= 0.3 is 0 Å². The van der Waals surface area contributed by atoms with Gasteiger partial charge in [-0.25, -0.2) is 0 Å². The van der Waals surface area contributed by atoms with Crippen LogP contribution in [0.15, 0.2) is 29.8 Å². The molecule has 0 bridgehead atoms. The van der Waals surface area contributed by atoms with Gasteiger partial charge < -0.3 is 0 Å². The first-order chi connectivity index (χ1) is 9.72. The van der Waals surface area contributed by atoms with Gasteiger partial charge in [0.25, 0.3) is 0 Å². The van der Waals surface area contributed by atoms with E-state index in [-0.39, 0.29) is 0 Å². The normalized spacial score (nSPS) is 22.9. The standard InChI is InChI=1S/C17H19Cl2N/c18-10-9-14-3-1-13(2-4-14)5-6-15-7-8-16(12-20)17(19)11-15/h7-11,13-14H,1-6H2/b10-9+/t13-,14-. The van der Waals surface area contributed by atoms with Crippen LogP contribution in [0.3, 0.4) is 0 Å². The molecule has 0 amide bonds. The lowest BCUT2D eigenvalue weighted by Crippen LogP contribution is -2.13. The van der Waals surface area contributed by atoms with E-state index in [0.29, 0.717) is 16.5 Å². The van der Waals surface area contributed by atoms with Gasteiger partial charge in [0, 0.05) is 5.54 Å². The molecule has 106 valence electrons. The average Bonchev–Trinajstić information content (AvgIpc) is 2.47. The second-order valence-electron chi connectivity index (χ2n) is 5.56. The van der Waals surface area contributed by atoms with Crippen LogP contribution in [0.5, 0.6) is 0 Å². The zero-order chi connectivity index (χ0) is 14.4. The molecular formula is C17H19Cl2N. The molecule has 1 nitrogen and oxygen atoms in total. The summed E-state index contributed by atoms with van der Waals surface area (Å²) in [7, 11) is 0. The van der Waals surface area contributed by atoms with Crippen LogP contribution in [0.2, 0.25) is 5.02 Å². The molecule has 0 N–H and O–H groups in total. The Morgan fingerprint density at radius 3 is 2.60 bits per heavy atom. The topological polar surface area (TPSA) is 23.8 Å². The first kappa shape index (κ1) is 15.4. The van der Waals surface area contributed by atoms with Crippen molar-refractivity contribution in [2.45, 2.75) is 38.5 Å². The van der Waals surface area contributed by atoms with E-state index >= 15 is 0 Å². The molecule has 0 saturated heterocycles. The number of hydrogen-bond acceptors (Lipinski definition) is 1. The Morgan fingerprint density at radius 1 is 1.25 bits per heavy atom. The van der Waals surface area contributed by atoms with Crippen LogP contribution in [0, 0.1) is 23.2 Å². The highest BCUT2D eigenvalue weighted by atomic mass is 35.5. The molecule has 20 heavy (non-hydrogen) atoms. The number of halogens is 2. The van der Waals surface area contributed by atoms with E-state index in [1.807, 2.05) is 18.2 Å². The molecule has 1 saturated carbocycles. The van der Waals surface area contributed by atoms with Gasteiger partial charge in [0.15, 0.2) is 0 Å². The second kappa shape index (κ2) is 7.72. The minimum atomic E-state index is 0.559. The molecule has 3 heteroatoms. The van der Waals surface area contributed by atoms with E-state index in [0.717, 1.165) is 12.3 Å². The van der Waals surface area contributed by atoms with E-state index in [9.17, 15) is 0 Å². The van der Waals surface area contributed by atoms with Crippen LogP contribution in [-0.4, -0.2) is 0 Å². The van der Waals surface area contributed by atoms with Gasteiger partial charge in [-0.05, 0) is 68.1 Å². The fourth-order valence-corrected chi connectivity index (χ4v) is 3.40. The molecule has 1 aromatic rings. The molecule has 1 fully saturated rings. The van der Waals surface area contributed by atoms with Gasteiger partial charge in [-0.3, -0.25) is 0 Å². The van der Waals surface area contributed by atoms with Crippen LogP contribution in [0.1, 0.15) is 43.2 Å². The van der Waals surface area contributed by atoms with Crippen LogP contribution < -0.4 is 0 Å². The molecule has 1 aliphatic rings. The van der Waals surface area contributed by atoms with Crippen molar-refractivity contribution < 1.29 is 0 Å². The number of allylic oxidation sites excluding steroid dienone is 1. The smallest absolute Gasteiger partial charge is 0.101 e. The monoisotopic (exact) mass is 307 g/mol. The van der Waals surface area contributed by atoms with Crippen molar-refractivity contribution in [3.8, 4) is 6.07 Å². The number of benzene rings is 1. The third-order valence-corrected chi connectivity index (χ3v) is 4.69. The number of nitriles is 1. The minimum absolute atomic E-state index is 0.559. The lowest BCUT2D eigenvalue weighted by Gasteiger charge is -2.26. The molecule has 2 rings (SSSR count). The van der Waals surface area contributed by atoms with E-state index in [1.54, 1.807) is 5.54 Å². The van der Waals surface area contributed by atoms with Gasteiger partial charge in [-0.2, -0.15) is 5.26 Å². The highest BCUT2D eigenvalue weighted by Crippen LogP contribution is 2.32. The van der Waals surface area contributed by atoms with Crippen molar-refractivity contribution in [2.24, 2.45) is 11.8 Å². The molecule has 0 aromatic heterocycles. The van der Waals surface area contributed by atoms with Gasteiger partial charge in [-0.1, -0.05) is 35.3 Å². The third-order valence-electron chi connectivity index (χ3n) is 4.23. The summed E-state index contributed by atoms with van der Waals surface area (Å²) in [5.41, 5.74) is 3.45. The molecular weight excluding hydrogens is 289 g/mol. The van der Waals surface area contributed by atoms with Gasteiger partial charge in [-0.15, -0.1) is 0 Å². The maximum Gasteiger partial charge on any atom is 0.101 e. The van der Waals surface area contributed by atoms with E-state index < -0.39 is 0 Å². The number of rotatable bonds is 4. The van der Waals surface area contributed by atoms with Crippen molar-refractivity contribution in [2.75, 3.05) is 0 Å². The minimum Gasteiger partial charge on any atom is -0.192 e. The fraction of sp³-hybridized carbons (Fsp3) is 0.471. The van der Waals surface area contributed by atoms with Crippen LogP contribution >= 0.6 is 23.2 Å². The predicted octanol–water partition coefficient (Wildman–Crippen LogP) is 5.70. The van der Waals surface area contributed by atoms with E-state index in [2.05, 4.69) is 12.1 Å². The molecule has 0 spiro atoms. The lowest BCUT2D eigenvalue weighted by atomic mass is 9.79. The summed E-state index contributed by atoms with van der Waals surface area (Å²) in [6.45, 7) is 0. The van der Waals surface area contributed by atoms with Crippen molar-refractivity contribution in [1.29, 1.82) is 5.26 Å². The molecule has 0 heterocycles. The summed E-state index contributed by atoms with van der Waals surface area (Å²) in [6, 6.07) is 7.87. The zero-order valence-corrected chi connectivity index (χ0v) is 13.0. The van der Waals surface area contributed by atoms with E-state index in [1.165, 1.54) is 37.7 Å². The number of nitrogens with zero attached hydrogens (tertiary/aromatic N) is 1. The Morgan fingerprint density at radius 2 is 2.00 bits per heavy atom. The Hall–Kier alpha value is -0.970. The molecule has 0 unspecified atom stereocenters. The van der Waals surface area contributed by atoms with Crippen LogP contribution in [-0.2, 0) is 6.42 Å². The lowest BCUT2D eigenvalue weighted by molar-refractivity contribution is 0.296. The largest absolute Gasteiger partial charge is 0.192 e. The Balaban J connectivity index is 1.82. The van der Waals surface area contributed by atoms with Crippen LogP contribution in [0.4, 0.5) is 0 Å². The quantitative estimate of drug-likeness (QED) is 0.699. The van der Waals surface area contributed by atoms with Crippen molar-refractivity contribution >= 4 is 23.2 Å². The molecule has 0 atom stereocenters. The fourth-order valence-electron chi connectivity index (χ4n) is 2.95. The van der Waals surface area contributed by atoms with Crippen molar-refractivity contribution in [3.63, 3.8) is 0 Å². The summed E-state index contributed by atoms with van der Waals surface area (Å²) < 4.78 is 0. The van der Waals surface area contributed by atoms with Gasteiger partial charge in [0.05, 0.1) is 10.6 Å². The second-order valence-corrected chi connectivity index (χ2v) is 6.22. The molecule has 1 aromatic carbocycles. The SMILES string of the molecule is N#Cc1ccc(CC[C@H]2CC[C@H](/C=C/Cl)CC2)cc1Cl. The molecule has 0 radical (unpaired) electrons. The van der Waals surface area contributed by atoms with Gasteiger partial charge in [0.2, 0.25) is 0 Å². The van der Waals surface area contributed by atoms with E-state index in [4.69, 9.17) is 28.5 Å². The Bertz CT molecular complexity index is 508. The first-order valence-corrected chi connectivity index (χ1v) is 7.99. The maximum atomic E-state index is 8.86.